The van der Waals surface area contributed by atoms with Crippen LogP contribution in [0.1, 0.15) is 22.8 Å². The molecule has 4 rings (SSSR count). The Morgan fingerprint density at radius 3 is 2.79 bits per heavy atom. The van der Waals surface area contributed by atoms with Gasteiger partial charge in [-0.05, 0) is 43.3 Å². The molecule has 0 amide bonds. The van der Waals surface area contributed by atoms with E-state index in [2.05, 4.69) is 16.3 Å². The monoisotopic (exact) mass is 374 g/mol. The summed E-state index contributed by atoms with van der Waals surface area (Å²) in [5.41, 5.74) is 2.43. The maximum absolute atomic E-state index is 12.7. The Labute approximate surface area is 162 Å². The molecule has 0 radical (unpaired) electrons. The zero-order chi connectivity index (χ0) is 19.7. The summed E-state index contributed by atoms with van der Waals surface area (Å²) in [6, 6.07) is 10.8. The third-order valence-electron chi connectivity index (χ3n) is 4.68. The largest absolute Gasteiger partial charge is 0.497 e. The number of aryl methyl sites for hydroxylation is 1. The lowest BCUT2D eigenvalue weighted by atomic mass is 10.1. The summed E-state index contributed by atoms with van der Waals surface area (Å²) in [7, 11) is 1.63. The van der Waals surface area contributed by atoms with Gasteiger partial charge in [-0.15, -0.1) is 0 Å². The van der Waals surface area contributed by atoms with Crippen LogP contribution in [0.5, 0.6) is 17.2 Å². The van der Waals surface area contributed by atoms with E-state index in [1.807, 2.05) is 24.4 Å². The van der Waals surface area contributed by atoms with Crippen LogP contribution in [-0.4, -0.2) is 24.2 Å². The third-order valence-corrected chi connectivity index (χ3v) is 4.68. The van der Waals surface area contributed by atoms with Gasteiger partial charge in [0.1, 0.15) is 17.2 Å². The second kappa shape index (κ2) is 7.12. The van der Waals surface area contributed by atoms with Crippen molar-refractivity contribution in [2.75, 3.05) is 13.8 Å². The molecule has 2 aromatic carbocycles. The van der Waals surface area contributed by atoms with Crippen LogP contribution in [0.3, 0.4) is 0 Å². The Balaban J connectivity index is 1.73. The average molecular weight is 374 g/mol. The molecule has 1 aromatic heterocycles. The Morgan fingerprint density at radius 1 is 1.21 bits per heavy atom. The van der Waals surface area contributed by atoms with Gasteiger partial charge in [0.05, 0.1) is 12.7 Å². The Hall–Kier alpha value is -3.72. The lowest BCUT2D eigenvalue weighted by Crippen LogP contribution is -1.98. The quantitative estimate of drug-likeness (QED) is 0.486. The summed E-state index contributed by atoms with van der Waals surface area (Å²) in [5, 5.41) is 0.988. The van der Waals surface area contributed by atoms with E-state index >= 15 is 0 Å². The van der Waals surface area contributed by atoms with E-state index in [9.17, 15) is 4.79 Å². The molecule has 6 heteroatoms. The molecule has 0 unspecified atom stereocenters. The van der Waals surface area contributed by atoms with Crippen LogP contribution < -0.4 is 14.2 Å². The molecule has 1 aliphatic heterocycles. The number of ketones is 1. The first-order valence-electron chi connectivity index (χ1n) is 8.85. The van der Waals surface area contributed by atoms with Gasteiger partial charge in [0.25, 0.3) is 0 Å². The zero-order valence-electron chi connectivity index (χ0n) is 15.6. The maximum atomic E-state index is 12.7. The normalized spacial score (nSPS) is 14.0. The van der Waals surface area contributed by atoms with Crippen molar-refractivity contribution in [1.82, 2.24) is 4.57 Å². The predicted octanol–water partition coefficient (Wildman–Crippen LogP) is 4.54. The molecular formula is C22H18N2O4. The van der Waals surface area contributed by atoms with Crippen LogP contribution in [0.2, 0.25) is 0 Å². The van der Waals surface area contributed by atoms with Crippen molar-refractivity contribution in [3.05, 3.63) is 70.9 Å². The highest BCUT2D eigenvalue weighted by Crippen LogP contribution is 2.36. The fraction of sp³-hybridized carbons (Fsp3) is 0.182. The summed E-state index contributed by atoms with van der Waals surface area (Å²) in [6.45, 7) is 9.60. The van der Waals surface area contributed by atoms with Crippen molar-refractivity contribution in [2.24, 2.45) is 0 Å². The van der Waals surface area contributed by atoms with Gasteiger partial charge in [-0.2, -0.15) is 0 Å². The van der Waals surface area contributed by atoms with Gasteiger partial charge in [-0.25, -0.2) is 6.57 Å². The number of aromatic nitrogens is 1. The highest BCUT2D eigenvalue weighted by atomic mass is 16.5. The summed E-state index contributed by atoms with van der Waals surface area (Å²) in [4.78, 5) is 15.9. The fourth-order valence-electron chi connectivity index (χ4n) is 3.31. The lowest BCUT2D eigenvalue weighted by molar-refractivity contribution is 0.101. The second-order valence-electron chi connectivity index (χ2n) is 6.28. The molecule has 0 bridgehead atoms. The molecule has 140 valence electrons. The number of carbonyl (C=O) groups excluding carboxylic acids is 1. The summed E-state index contributed by atoms with van der Waals surface area (Å²) < 4.78 is 18.6. The number of ether oxygens (including phenoxy) is 3. The van der Waals surface area contributed by atoms with E-state index in [-0.39, 0.29) is 18.3 Å². The van der Waals surface area contributed by atoms with Crippen LogP contribution in [0.15, 0.2) is 48.4 Å². The third kappa shape index (κ3) is 2.97. The molecular weight excluding hydrogens is 356 g/mol. The van der Waals surface area contributed by atoms with Crippen LogP contribution >= 0.6 is 0 Å². The van der Waals surface area contributed by atoms with Crippen LogP contribution in [0.4, 0.5) is 0 Å². The molecule has 3 aromatic rings. The summed E-state index contributed by atoms with van der Waals surface area (Å²) in [6.07, 6.45) is 3.76. The van der Waals surface area contributed by atoms with Crippen LogP contribution in [0.25, 0.3) is 21.8 Å². The van der Waals surface area contributed by atoms with E-state index in [1.54, 1.807) is 31.4 Å². The molecule has 0 atom stereocenters. The number of nitrogens with zero attached hydrogens (tertiary/aromatic N) is 2. The van der Waals surface area contributed by atoms with Gasteiger partial charge in [0, 0.05) is 35.3 Å². The number of allylic oxidation sites excluding steroid dienone is 1. The number of hydrogen-bond acceptors (Lipinski definition) is 4. The summed E-state index contributed by atoms with van der Waals surface area (Å²) >= 11 is 0. The van der Waals surface area contributed by atoms with E-state index < -0.39 is 0 Å². The summed E-state index contributed by atoms with van der Waals surface area (Å²) in [5.74, 6) is 1.78. The Bertz CT molecular complexity index is 1150. The Kier molecular flexibility index (Phi) is 4.50. The van der Waals surface area contributed by atoms with Crippen LogP contribution in [-0.2, 0) is 6.54 Å². The van der Waals surface area contributed by atoms with Gasteiger partial charge < -0.3 is 18.8 Å². The number of Topliss-reactive ketones (excluding diaryl/α,β-unsaturated/α-hetero) is 1. The van der Waals surface area contributed by atoms with Crippen molar-refractivity contribution >= 4 is 22.8 Å². The van der Waals surface area contributed by atoms with E-state index in [4.69, 9.17) is 20.8 Å². The smallest absolute Gasteiger partial charge is 0.357 e. The molecule has 1 aliphatic rings. The van der Waals surface area contributed by atoms with Gasteiger partial charge in [-0.3, -0.25) is 9.64 Å². The zero-order valence-corrected chi connectivity index (χ0v) is 15.6. The number of carbonyl (C=O) groups is 1. The van der Waals surface area contributed by atoms with Crippen LogP contribution in [0, 0.1) is 6.57 Å². The minimum atomic E-state index is -0.174. The predicted molar refractivity (Wildman–Crippen MR) is 106 cm³/mol. The molecule has 0 fully saturated rings. The number of methoxy groups -OCH3 is 1. The van der Waals surface area contributed by atoms with E-state index in [0.717, 1.165) is 28.8 Å². The van der Waals surface area contributed by atoms with Crippen molar-refractivity contribution in [2.45, 2.75) is 13.5 Å². The number of benzene rings is 2. The molecule has 0 saturated heterocycles. The molecule has 0 saturated carbocycles. The van der Waals surface area contributed by atoms with Crippen molar-refractivity contribution < 1.29 is 19.0 Å². The first-order chi connectivity index (χ1) is 13.6. The molecule has 0 aliphatic carbocycles. The number of rotatable bonds is 5. The lowest BCUT2D eigenvalue weighted by Gasteiger charge is -2.02. The van der Waals surface area contributed by atoms with Crippen molar-refractivity contribution in [3.63, 3.8) is 0 Å². The minimum Gasteiger partial charge on any atom is -0.497 e. The van der Waals surface area contributed by atoms with Gasteiger partial charge in [0.15, 0.2) is 5.76 Å². The van der Waals surface area contributed by atoms with Gasteiger partial charge in [-0.1, -0.05) is 0 Å². The van der Waals surface area contributed by atoms with Crippen molar-refractivity contribution in [1.29, 1.82) is 0 Å². The molecule has 28 heavy (non-hydrogen) atoms. The SMILES string of the molecule is [C-]#[N+]COc1ccc2c(c1)O/C(=C\c1cn(CC)c3ccc(OC)cc13)C2=O. The minimum absolute atomic E-state index is 0.0756. The standard InChI is InChI=1S/C22H18N2O4/c1-4-24-12-14(18-10-15(26-3)6-8-19(18)24)9-21-22(25)17-7-5-16(27-13-23-2)11-20(17)28-21/h5-12H,4,13H2,1,3H3/b21-9-. The van der Waals surface area contributed by atoms with Gasteiger partial charge >= 0.3 is 6.73 Å². The molecule has 0 spiro atoms. The van der Waals surface area contributed by atoms with Crippen molar-refractivity contribution in [3.8, 4) is 17.2 Å². The van der Waals surface area contributed by atoms with E-state index in [1.165, 1.54) is 0 Å². The topological polar surface area (TPSA) is 54.1 Å². The highest BCUT2D eigenvalue weighted by molar-refractivity contribution is 6.15. The second-order valence-corrected chi connectivity index (χ2v) is 6.28. The number of hydrogen-bond donors (Lipinski definition) is 0. The first kappa shape index (κ1) is 17.7. The van der Waals surface area contributed by atoms with E-state index in [0.29, 0.717) is 17.1 Å². The molecule has 2 heterocycles. The highest BCUT2D eigenvalue weighted by Gasteiger charge is 2.28. The molecule has 6 nitrogen and oxygen atoms in total. The number of fused-ring (bicyclic) bond motifs is 2. The first-order valence-corrected chi connectivity index (χ1v) is 8.85. The molecule has 0 N–H and O–H groups in total. The van der Waals surface area contributed by atoms with Gasteiger partial charge in [0.2, 0.25) is 5.78 Å². The maximum Gasteiger partial charge on any atom is 0.357 e. The Morgan fingerprint density at radius 2 is 2.04 bits per heavy atom. The average Bonchev–Trinajstić information content (AvgIpc) is 3.23. The fourth-order valence-corrected chi connectivity index (χ4v) is 3.31.